The van der Waals surface area contributed by atoms with Gasteiger partial charge in [0.1, 0.15) is 5.82 Å². The first-order valence-electron chi connectivity index (χ1n) is 4.68. The lowest BCUT2D eigenvalue weighted by Gasteiger charge is -2.22. The maximum atomic E-state index is 13.1. The SMILES string of the molecule is Cc1cc(F)cc(C2(O)CCSC2)c1. The molecule has 1 atom stereocenters. The zero-order chi connectivity index (χ0) is 10.2. The van der Waals surface area contributed by atoms with Crippen LogP contribution in [0.3, 0.4) is 0 Å². The van der Waals surface area contributed by atoms with Crippen molar-refractivity contribution in [1.29, 1.82) is 0 Å². The Kier molecular flexibility index (Phi) is 2.54. The Morgan fingerprint density at radius 2 is 2.21 bits per heavy atom. The van der Waals surface area contributed by atoms with Crippen molar-refractivity contribution >= 4 is 11.8 Å². The highest BCUT2D eigenvalue weighted by atomic mass is 32.2. The van der Waals surface area contributed by atoms with Gasteiger partial charge in [-0.1, -0.05) is 6.07 Å². The van der Waals surface area contributed by atoms with E-state index >= 15 is 0 Å². The average Bonchev–Trinajstić information content (AvgIpc) is 2.52. The van der Waals surface area contributed by atoms with Crippen LogP contribution < -0.4 is 0 Å². The Morgan fingerprint density at radius 3 is 2.79 bits per heavy atom. The lowest BCUT2D eigenvalue weighted by Crippen LogP contribution is -2.25. The normalized spacial score (nSPS) is 26.8. The largest absolute Gasteiger partial charge is 0.384 e. The Labute approximate surface area is 87.3 Å². The number of hydrogen-bond donors (Lipinski definition) is 1. The van der Waals surface area contributed by atoms with Gasteiger partial charge in [0, 0.05) is 5.75 Å². The molecule has 1 heterocycles. The van der Waals surface area contributed by atoms with Gasteiger partial charge in [-0.05, 0) is 42.4 Å². The molecule has 1 unspecified atom stereocenters. The van der Waals surface area contributed by atoms with Gasteiger partial charge in [0.25, 0.3) is 0 Å². The molecule has 1 N–H and O–H groups in total. The zero-order valence-electron chi connectivity index (χ0n) is 8.09. The van der Waals surface area contributed by atoms with Crippen molar-refractivity contribution in [2.75, 3.05) is 11.5 Å². The topological polar surface area (TPSA) is 20.2 Å². The molecule has 1 nitrogen and oxygen atoms in total. The number of aryl methyl sites for hydroxylation is 1. The summed E-state index contributed by atoms with van der Waals surface area (Å²) in [5.41, 5.74) is 0.780. The quantitative estimate of drug-likeness (QED) is 0.771. The summed E-state index contributed by atoms with van der Waals surface area (Å²) >= 11 is 1.72. The van der Waals surface area contributed by atoms with E-state index in [9.17, 15) is 9.50 Å². The van der Waals surface area contributed by atoms with Crippen molar-refractivity contribution < 1.29 is 9.50 Å². The molecule has 1 aliphatic heterocycles. The molecule has 1 fully saturated rings. The molecule has 1 aromatic carbocycles. The molecule has 0 bridgehead atoms. The van der Waals surface area contributed by atoms with E-state index in [1.807, 2.05) is 13.0 Å². The second-order valence-electron chi connectivity index (χ2n) is 3.85. The van der Waals surface area contributed by atoms with Gasteiger partial charge in [-0.2, -0.15) is 11.8 Å². The molecule has 0 amide bonds. The lowest BCUT2D eigenvalue weighted by atomic mass is 9.92. The van der Waals surface area contributed by atoms with E-state index in [4.69, 9.17) is 0 Å². The second-order valence-corrected chi connectivity index (χ2v) is 4.96. The molecule has 1 aliphatic rings. The summed E-state index contributed by atoms with van der Waals surface area (Å²) in [5, 5.41) is 10.2. The molecule has 0 aliphatic carbocycles. The molecule has 0 spiro atoms. The standard InChI is InChI=1S/C11H13FOS/c1-8-4-9(6-10(12)5-8)11(13)2-3-14-7-11/h4-6,13H,2-3,7H2,1H3. The van der Waals surface area contributed by atoms with Gasteiger partial charge < -0.3 is 5.11 Å². The molecular formula is C11H13FOS. The third-order valence-corrected chi connectivity index (χ3v) is 3.75. The third-order valence-electron chi connectivity index (χ3n) is 2.58. The molecular weight excluding hydrogens is 199 g/mol. The monoisotopic (exact) mass is 212 g/mol. The van der Waals surface area contributed by atoms with E-state index in [1.54, 1.807) is 11.8 Å². The van der Waals surface area contributed by atoms with Crippen LogP contribution in [0.2, 0.25) is 0 Å². The van der Waals surface area contributed by atoms with Gasteiger partial charge in [0.2, 0.25) is 0 Å². The first-order valence-corrected chi connectivity index (χ1v) is 5.83. The van der Waals surface area contributed by atoms with E-state index in [0.717, 1.165) is 23.3 Å². The summed E-state index contributed by atoms with van der Waals surface area (Å²) in [5.74, 6) is 1.37. The van der Waals surface area contributed by atoms with Crippen molar-refractivity contribution in [3.05, 3.63) is 35.1 Å². The predicted molar refractivity (Wildman–Crippen MR) is 57.0 cm³/mol. The van der Waals surface area contributed by atoms with Crippen molar-refractivity contribution in [2.45, 2.75) is 18.9 Å². The van der Waals surface area contributed by atoms with E-state index in [2.05, 4.69) is 0 Å². The second kappa shape index (κ2) is 3.55. The number of aliphatic hydroxyl groups is 1. The number of halogens is 1. The maximum absolute atomic E-state index is 13.1. The highest BCUT2D eigenvalue weighted by Gasteiger charge is 2.33. The molecule has 0 radical (unpaired) electrons. The molecule has 0 saturated carbocycles. The summed E-state index contributed by atoms with van der Waals surface area (Å²) in [7, 11) is 0. The van der Waals surface area contributed by atoms with Crippen LogP contribution >= 0.6 is 11.8 Å². The van der Waals surface area contributed by atoms with Crippen molar-refractivity contribution in [2.24, 2.45) is 0 Å². The Balaban J connectivity index is 2.40. The van der Waals surface area contributed by atoms with Gasteiger partial charge in [0.05, 0.1) is 5.60 Å². The van der Waals surface area contributed by atoms with Gasteiger partial charge in [-0.15, -0.1) is 0 Å². The molecule has 3 heteroatoms. The summed E-state index contributed by atoms with van der Waals surface area (Å²) in [4.78, 5) is 0. The number of hydrogen-bond acceptors (Lipinski definition) is 2. The zero-order valence-corrected chi connectivity index (χ0v) is 8.90. The lowest BCUT2D eigenvalue weighted by molar-refractivity contribution is 0.0654. The number of thioether (sulfide) groups is 1. The smallest absolute Gasteiger partial charge is 0.123 e. The van der Waals surface area contributed by atoms with Crippen LogP contribution in [0, 0.1) is 12.7 Å². The van der Waals surface area contributed by atoms with Crippen LogP contribution in [0.5, 0.6) is 0 Å². The molecule has 2 rings (SSSR count). The average molecular weight is 212 g/mol. The fraction of sp³-hybridized carbons (Fsp3) is 0.455. The summed E-state index contributed by atoms with van der Waals surface area (Å²) < 4.78 is 13.1. The van der Waals surface area contributed by atoms with Crippen LogP contribution in [0.15, 0.2) is 18.2 Å². The van der Waals surface area contributed by atoms with E-state index in [-0.39, 0.29) is 5.82 Å². The minimum atomic E-state index is -0.808. The Morgan fingerprint density at radius 1 is 1.43 bits per heavy atom. The molecule has 1 aromatic rings. The van der Waals surface area contributed by atoms with Crippen molar-refractivity contribution in [3.63, 3.8) is 0 Å². The van der Waals surface area contributed by atoms with Gasteiger partial charge >= 0.3 is 0 Å². The van der Waals surface area contributed by atoms with E-state index in [0.29, 0.717) is 5.75 Å². The third kappa shape index (κ3) is 1.79. The summed E-state index contributed by atoms with van der Waals surface area (Å²) in [6.07, 6.45) is 0.723. The minimum Gasteiger partial charge on any atom is -0.384 e. The highest BCUT2D eigenvalue weighted by Crippen LogP contribution is 2.37. The fourth-order valence-corrected chi connectivity index (χ4v) is 3.06. The maximum Gasteiger partial charge on any atom is 0.123 e. The first-order chi connectivity index (χ1) is 6.60. The summed E-state index contributed by atoms with van der Waals surface area (Å²) in [6, 6.07) is 4.79. The van der Waals surface area contributed by atoms with Gasteiger partial charge in [0.15, 0.2) is 0 Å². The fourth-order valence-electron chi connectivity index (χ4n) is 1.79. The number of benzene rings is 1. The highest BCUT2D eigenvalue weighted by molar-refractivity contribution is 7.99. The Hall–Kier alpha value is -0.540. The van der Waals surface area contributed by atoms with Crippen LogP contribution in [0.1, 0.15) is 17.5 Å². The van der Waals surface area contributed by atoms with Crippen LogP contribution in [-0.2, 0) is 5.60 Å². The first kappa shape index (κ1) is 9.99. The minimum absolute atomic E-state index is 0.259. The van der Waals surface area contributed by atoms with Gasteiger partial charge in [-0.25, -0.2) is 4.39 Å². The van der Waals surface area contributed by atoms with Crippen LogP contribution in [0.25, 0.3) is 0 Å². The van der Waals surface area contributed by atoms with Crippen molar-refractivity contribution in [3.8, 4) is 0 Å². The van der Waals surface area contributed by atoms with Crippen molar-refractivity contribution in [1.82, 2.24) is 0 Å². The van der Waals surface area contributed by atoms with E-state index in [1.165, 1.54) is 12.1 Å². The van der Waals surface area contributed by atoms with Gasteiger partial charge in [-0.3, -0.25) is 0 Å². The molecule has 76 valence electrons. The van der Waals surface area contributed by atoms with E-state index < -0.39 is 5.60 Å². The Bertz CT molecular complexity index is 325. The molecule has 0 aromatic heterocycles. The van der Waals surface area contributed by atoms with Crippen LogP contribution in [-0.4, -0.2) is 16.6 Å². The number of rotatable bonds is 1. The predicted octanol–water partition coefficient (Wildman–Crippen LogP) is 2.46. The molecule has 14 heavy (non-hydrogen) atoms. The summed E-state index contributed by atoms with van der Waals surface area (Å²) in [6.45, 7) is 1.85. The molecule has 1 saturated heterocycles. The van der Waals surface area contributed by atoms with Crippen LogP contribution in [0.4, 0.5) is 4.39 Å².